The molecule has 0 saturated carbocycles. The van der Waals surface area contributed by atoms with Gasteiger partial charge in [-0.05, 0) is 24.6 Å². The number of alkyl halides is 1. The molecule has 1 aliphatic heterocycles. The van der Waals surface area contributed by atoms with Gasteiger partial charge in [0.05, 0.1) is 0 Å². The Kier molecular flexibility index (Phi) is 3.99. The van der Waals surface area contributed by atoms with Crippen molar-refractivity contribution in [1.29, 1.82) is 0 Å². The van der Waals surface area contributed by atoms with Gasteiger partial charge in [0.2, 0.25) is 10.0 Å². The molecule has 5 nitrogen and oxygen atoms in total. The highest BCUT2D eigenvalue weighted by Crippen LogP contribution is 2.32. The van der Waals surface area contributed by atoms with E-state index in [2.05, 4.69) is 4.72 Å². The Morgan fingerprint density at radius 3 is 2.67 bits per heavy atom. The van der Waals surface area contributed by atoms with Crippen LogP contribution in [0.1, 0.15) is 18.5 Å². The molecule has 1 aromatic carbocycles. The van der Waals surface area contributed by atoms with Crippen LogP contribution in [-0.4, -0.2) is 26.8 Å². The van der Waals surface area contributed by atoms with Crippen molar-refractivity contribution in [3.05, 3.63) is 23.8 Å². The van der Waals surface area contributed by atoms with Crippen LogP contribution in [0.25, 0.3) is 0 Å². The molecule has 2 rings (SSSR count). The number of ether oxygens (including phenoxy) is 2. The second kappa shape index (κ2) is 5.34. The third kappa shape index (κ3) is 3.07. The quantitative estimate of drug-likeness (QED) is 0.857. The van der Waals surface area contributed by atoms with Crippen molar-refractivity contribution >= 4 is 21.6 Å². The number of fused-ring (bicyclic) bond motifs is 1. The minimum Gasteiger partial charge on any atom is -0.486 e. The molecule has 0 saturated heterocycles. The Labute approximate surface area is 111 Å². The van der Waals surface area contributed by atoms with Gasteiger partial charge in [0, 0.05) is 6.04 Å². The van der Waals surface area contributed by atoms with Crippen molar-refractivity contribution in [3.63, 3.8) is 0 Å². The third-order valence-electron chi connectivity index (χ3n) is 2.57. The van der Waals surface area contributed by atoms with Crippen molar-refractivity contribution in [2.24, 2.45) is 0 Å². The van der Waals surface area contributed by atoms with Crippen molar-refractivity contribution in [3.8, 4) is 11.5 Å². The molecule has 0 aliphatic carbocycles. The number of hydrogen-bond acceptors (Lipinski definition) is 4. The second-order valence-corrected chi connectivity index (χ2v) is 6.30. The van der Waals surface area contributed by atoms with Crippen LogP contribution >= 0.6 is 11.6 Å². The maximum Gasteiger partial charge on any atom is 0.226 e. The van der Waals surface area contributed by atoms with Gasteiger partial charge in [-0.15, -0.1) is 11.6 Å². The summed E-state index contributed by atoms with van der Waals surface area (Å²) in [7, 11) is -3.44. The molecule has 0 aromatic heterocycles. The van der Waals surface area contributed by atoms with Crippen LogP contribution in [-0.2, 0) is 10.0 Å². The van der Waals surface area contributed by atoms with Gasteiger partial charge in [-0.25, -0.2) is 13.1 Å². The van der Waals surface area contributed by atoms with Gasteiger partial charge in [0.25, 0.3) is 0 Å². The predicted octanol–water partition coefficient (Wildman–Crippen LogP) is 1.63. The summed E-state index contributed by atoms with van der Waals surface area (Å²) in [6.07, 6.45) is 0. The predicted molar refractivity (Wildman–Crippen MR) is 68.6 cm³/mol. The van der Waals surface area contributed by atoms with Crippen LogP contribution in [0, 0.1) is 0 Å². The zero-order valence-electron chi connectivity index (χ0n) is 9.85. The summed E-state index contributed by atoms with van der Waals surface area (Å²) in [6, 6.07) is 4.98. The monoisotopic (exact) mass is 291 g/mol. The maximum absolute atomic E-state index is 11.4. The minimum absolute atomic E-state index is 0.371. The van der Waals surface area contributed by atoms with Crippen LogP contribution in [0.15, 0.2) is 18.2 Å². The molecule has 18 heavy (non-hydrogen) atoms. The van der Waals surface area contributed by atoms with Gasteiger partial charge in [-0.1, -0.05) is 6.07 Å². The first kappa shape index (κ1) is 13.5. The normalized spacial score (nSPS) is 16.3. The highest BCUT2D eigenvalue weighted by Gasteiger charge is 2.18. The molecule has 0 fully saturated rings. The number of sulfonamides is 1. The summed E-state index contributed by atoms with van der Waals surface area (Å²) in [6.45, 7) is 2.77. The van der Waals surface area contributed by atoms with Crippen LogP contribution in [0.4, 0.5) is 0 Å². The van der Waals surface area contributed by atoms with Crippen LogP contribution in [0.5, 0.6) is 11.5 Å². The van der Waals surface area contributed by atoms with Crippen molar-refractivity contribution < 1.29 is 17.9 Å². The number of nitrogens with one attached hydrogen (secondary N) is 1. The van der Waals surface area contributed by atoms with Gasteiger partial charge >= 0.3 is 0 Å². The smallest absolute Gasteiger partial charge is 0.226 e. The first-order chi connectivity index (χ1) is 8.52. The Balaban J connectivity index is 2.18. The van der Waals surface area contributed by atoms with E-state index in [0.29, 0.717) is 24.7 Å². The number of halogens is 1. The molecular formula is C11H14ClNO4S. The molecule has 0 spiro atoms. The van der Waals surface area contributed by atoms with E-state index in [9.17, 15) is 8.42 Å². The van der Waals surface area contributed by atoms with Gasteiger partial charge in [0.1, 0.15) is 18.4 Å². The minimum atomic E-state index is -3.44. The summed E-state index contributed by atoms with van der Waals surface area (Å²) in [5, 5.41) is -0.456. The summed E-state index contributed by atoms with van der Waals surface area (Å²) in [4.78, 5) is 0. The maximum atomic E-state index is 11.4. The van der Waals surface area contributed by atoms with Crippen LogP contribution in [0.3, 0.4) is 0 Å². The summed E-state index contributed by atoms with van der Waals surface area (Å²) in [5.41, 5.74) is 0.799. The van der Waals surface area contributed by atoms with E-state index >= 15 is 0 Å². The lowest BCUT2D eigenvalue weighted by molar-refractivity contribution is 0.171. The molecule has 100 valence electrons. The Hall–Kier alpha value is -0.980. The van der Waals surface area contributed by atoms with E-state index in [4.69, 9.17) is 21.1 Å². The van der Waals surface area contributed by atoms with E-state index in [-0.39, 0.29) is 6.04 Å². The molecule has 1 aromatic rings. The van der Waals surface area contributed by atoms with Crippen molar-refractivity contribution in [2.75, 3.05) is 18.4 Å². The number of benzene rings is 1. The molecule has 0 amide bonds. The molecule has 1 unspecified atom stereocenters. The third-order valence-corrected chi connectivity index (χ3v) is 4.43. The van der Waals surface area contributed by atoms with E-state index < -0.39 is 15.2 Å². The molecular weight excluding hydrogens is 278 g/mol. The standard InChI is InChI=1S/C11H14ClNO4S/c1-8(13-18(14,15)7-12)9-2-3-10-11(6-9)17-5-4-16-10/h2-3,6,8,13H,4-5,7H2,1H3. The van der Waals surface area contributed by atoms with E-state index in [1.54, 1.807) is 25.1 Å². The van der Waals surface area contributed by atoms with Crippen LogP contribution in [0.2, 0.25) is 0 Å². The number of hydrogen-bond donors (Lipinski definition) is 1. The lowest BCUT2D eigenvalue weighted by Crippen LogP contribution is -2.27. The molecule has 1 heterocycles. The fourth-order valence-corrected chi connectivity index (χ4v) is 2.62. The Bertz CT molecular complexity index is 532. The lowest BCUT2D eigenvalue weighted by Gasteiger charge is -2.20. The molecule has 1 atom stereocenters. The first-order valence-corrected chi connectivity index (χ1v) is 7.66. The largest absolute Gasteiger partial charge is 0.486 e. The summed E-state index contributed by atoms with van der Waals surface area (Å²) in [5.74, 6) is 1.31. The van der Waals surface area contributed by atoms with Crippen LogP contribution < -0.4 is 14.2 Å². The molecule has 1 N–H and O–H groups in total. The van der Waals surface area contributed by atoms with Gasteiger partial charge in [-0.3, -0.25) is 0 Å². The summed E-state index contributed by atoms with van der Waals surface area (Å²) >= 11 is 5.34. The zero-order valence-corrected chi connectivity index (χ0v) is 11.4. The lowest BCUT2D eigenvalue weighted by atomic mass is 10.1. The van der Waals surface area contributed by atoms with Crippen molar-refractivity contribution in [2.45, 2.75) is 13.0 Å². The Morgan fingerprint density at radius 1 is 1.33 bits per heavy atom. The average Bonchev–Trinajstić information content (AvgIpc) is 2.37. The van der Waals surface area contributed by atoms with Gasteiger partial charge in [0.15, 0.2) is 11.5 Å². The summed E-state index contributed by atoms with van der Waals surface area (Å²) < 4.78 is 36.1. The highest BCUT2D eigenvalue weighted by molar-refractivity contribution is 7.90. The fraction of sp³-hybridized carbons (Fsp3) is 0.455. The molecule has 0 bridgehead atoms. The first-order valence-electron chi connectivity index (χ1n) is 5.47. The zero-order chi connectivity index (χ0) is 13.2. The average molecular weight is 292 g/mol. The topological polar surface area (TPSA) is 64.6 Å². The van der Waals surface area contributed by atoms with E-state index in [0.717, 1.165) is 5.56 Å². The van der Waals surface area contributed by atoms with E-state index in [1.807, 2.05) is 0 Å². The van der Waals surface area contributed by atoms with E-state index in [1.165, 1.54) is 0 Å². The second-order valence-electron chi connectivity index (χ2n) is 3.97. The SMILES string of the molecule is CC(NS(=O)(=O)CCl)c1ccc2c(c1)OCCO2. The molecule has 7 heteroatoms. The fourth-order valence-electron chi connectivity index (χ4n) is 1.70. The molecule has 0 radical (unpaired) electrons. The highest BCUT2D eigenvalue weighted by atomic mass is 35.5. The number of rotatable bonds is 4. The van der Waals surface area contributed by atoms with Crippen molar-refractivity contribution in [1.82, 2.24) is 4.72 Å². The molecule has 1 aliphatic rings. The van der Waals surface area contributed by atoms with Gasteiger partial charge in [-0.2, -0.15) is 0 Å². The Morgan fingerprint density at radius 2 is 2.00 bits per heavy atom. The van der Waals surface area contributed by atoms with Gasteiger partial charge < -0.3 is 9.47 Å².